The molecule has 1 aromatic rings. The van der Waals surface area contributed by atoms with Crippen LogP contribution in [0.3, 0.4) is 0 Å². The number of amides is 1. The number of esters is 3. The summed E-state index contributed by atoms with van der Waals surface area (Å²) in [7, 11) is 1.15. The van der Waals surface area contributed by atoms with Crippen LogP contribution in [0.25, 0.3) is 0 Å². The standard InChI is InChI=1S/C24H32N2O10/c1-7-34-20(28)24(21(29)35-8-2,15-9-10-18(27)33-6)19(25-22(30)36-23(3,4)5)16-11-13-17(14-12-16)26(31)32/h9-14,19H,7-8,15H2,1-6H3,(H,25,30)/b10-9+/t19-/m1/s1. The van der Waals surface area contributed by atoms with Crippen molar-refractivity contribution in [3.8, 4) is 0 Å². The Bertz CT molecular complexity index is 962. The van der Waals surface area contributed by atoms with E-state index in [2.05, 4.69) is 10.1 Å². The van der Waals surface area contributed by atoms with Gasteiger partial charge in [0.25, 0.3) is 5.69 Å². The Morgan fingerprint density at radius 1 is 1.03 bits per heavy atom. The van der Waals surface area contributed by atoms with Gasteiger partial charge >= 0.3 is 24.0 Å². The second-order valence-electron chi connectivity index (χ2n) is 8.47. The summed E-state index contributed by atoms with van der Waals surface area (Å²) in [5, 5.41) is 13.7. The molecule has 12 nitrogen and oxygen atoms in total. The second-order valence-corrected chi connectivity index (χ2v) is 8.47. The van der Waals surface area contributed by atoms with Gasteiger partial charge in [-0.2, -0.15) is 0 Å². The zero-order valence-corrected chi connectivity index (χ0v) is 21.2. The largest absolute Gasteiger partial charge is 0.466 e. The van der Waals surface area contributed by atoms with Gasteiger partial charge in [0.2, 0.25) is 0 Å². The summed E-state index contributed by atoms with van der Waals surface area (Å²) in [4.78, 5) is 61.8. The van der Waals surface area contributed by atoms with Crippen molar-refractivity contribution in [1.29, 1.82) is 0 Å². The Balaban J connectivity index is 3.83. The number of allylic oxidation sites excluding steroid dienone is 1. The van der Waals surface area contributed by atoms with E-state index in [9.17, 15) is 29.3 Å². The third-order valence-corrected chi connectivity index (χ3v) is 4.77. The van der Waals surface area contributed by atoms with Gasteiger partial charge in [0.15, 0.2) is 5.41 Å². The lowest BCUT2D eigenvalue weighted by Gasteiger charge is -2.36. The molecular formula is C24H32N2O10. The molecule has 0 unspecified atom stereocenters. The van der Waals surface area contributed by atoms with Crippen molar-refractivity contribution in [3.63, 3.8) is 0 Å². The van der Waals surface area contributed by atoms with E-state index in [0.29, 0.717) is 0 Å². The average Bonchev–Trinajstić information content (AvgIpc) is 2.79. The van der Waals surface area contributed by atoms with E-state index < -0.39 is 52.4 Å². The summed E-state index contributed by atoms with van der Waals surface area (Å²) >= 11 is 0. The first kappa shape index (κ1) is 30.1. The Morgan fingerprint density at radius 3 is 1.97 bits per heavy atom. The van der Waals surface area contributed by atoms with Crippen molar-refractivity contribution in [2.24, 2.45) is 5.41 Å². The Morgan fingerprint density at radius 2 is 1.56 bits per heavy atom. The maximum Gasteiger partial charge on any atom is 0.408 e. The number of methoxy groups -OCH3 is 1. The summed E-state index contributed by atoms with van der Waals surface area (Å²) < 4.78 is 20.3. The summed E-state index contributed by atoms with van der Waals surface area (Å²) in [6.07, 6.45) is 0.806. The van der Waals surface area contributed by atoms with Gasteiger partial charge in [0.1, 0.15) is 5.60 Å². The Kier molecular flexibility index (Phi) is 11.0. The van der Waals surface area contributed by atoms with Crippen molar-refractivity contribution in [3.05, 3.63) is 52.1 Å². The van der Waals surface area contributed by atoms with E-state index in [1.54, 1.807) is 20.8 Å². The van der Waals surface area contributed by atoms with Crippen LogP contribution in [0.2, 0.25) is 0 Å². The quantitative estimate of drug-likeness (QED) is 0.117. The molecule has 1 aromatic carbocycles. The molecule has 0 aliphatic carbocycles. The van der Waals surface area contributed by atoms with Crippen LogP contribution in [-0.4, -0.2) is 54.8 Å². The number of ether oxygens (including phenoxy) is 4. The molecule has 1 N–H and O–H groups in total. The Hall–Kier alpha value is -3.96. The average molecular weight is 509 g/mol. The molecule has 36 heavy (non-hydrogen) atoms. The van der Waals surface area contributed by atoms with Crippen molar-refractivity contribution in [1.82, 2.24) is 5.32 Å². The second kappa shape index (κ2) is 13.2. The molecule has 0 radical (unpaired) electrons. The molecular weight excluding hydrogens is 476 g/mol. The van der Waals surface area contributed by atoms with E-state index in [4.69, 9.17) is 14.2 Å². The van der Waals surface area contributed by atoms with Crippen LogP contribution in [0.5, 0.6) is 0 Å². The van der Waals surface area contributed by atoms with Crippen molar-refractivity contribution in [2.45, 2.75) is 52.7 Å². The number of non-ortho nitro benzene ring substituents is 1. The number of nitrogens with zero attached hydrogens (tertiary/aromatic N) is 1. The van der Waals surface area contributed by atoms with Gasteiger partial charge in [-0.05, 0) is 46.6 Å². The minimum atomic E-state index is -2.23. The van der Waals surface area contributed by atoms with Crippen LogP contribution >= 0.6 is 0 Å². The van der Waals surface area contributed by atoms with Crippen molar-refractivity contribution in [2.75, 3.05) is 20.3 Å². The number of nitrogens with one attached hydrogen (secondary N) is 1. The molecule has 0 fully saturated rings. The maximum atomic E-state index is 13.4. The third-order valence-electron chi connectivity index (χ3n) is 4.77. The van der Waals surface area contributed by atoms with Gasteiger partial charge in [-0.15, -0.1) is 0 Å². The Labute approximate surface area is 209 Å². The van der Waals surface area contributed by atoms with Crippen LogP contribution in [0.1, 0.15) is 52.6 Å². The number of nitro benzene ring substituents is 1. The van der Waals surface area contributed by atoms with E-state index in [0.717, 1.165) is 25.3 Å². The number of carbonyl (C=O) groups is 4. The molecule has 0 aromatic heterocycles. The smallest absolute Gasteiger partial charge is 0.408 e. The number of hydrogen-bond donors (Lipinski definition) is 1. The number of hydrogen-bond acceptors (Lipinski definition) is 10. The summed E-state index contributed by atoms with van der Waals surface area (Å²) in [6, 6.07) is 3.43. The molecule has 198 valence electrons. The van der Waals surface area contributed by atoms with E-state index >= 15 is 0 Å². The highest BCUT2D eigenvalue weighted by Gasteiger charge is 2.56. The molecule has 0 aliphatic heterocycles. The lowest BCUT2D eigenvalue weighted by molar-refractivity contribution is -0.384. The topological polar surface area (TPSA) is 160 Å². The first-order valence-corrected chi connectivity index (χ1v) is 11.1. The first-order chi connectivity index (χ1) is 16.8. The number of benzene rings is 1. The summed E-state index contributed by atoms with van der Waals surface area (Å²) in [5.41, 5.74) is -3.26. The van der Waals surface area contributed by atoms with E-state index in [1.807, 2.05) is 0 Å². The maximum absolute atomic E-state index is 13.4. The molecule has 1 rings (SSSR count). The number of rotatable bonds is 11. The van der Waals surface area contributed by atoms with Crippen LogP contribution in [-0.2, 0) is 33.3 Å². The third kappa shape index (κ3) is 8.07. The lowest BCUT2D eigenvalue weighted by atomic mass is 9.73. The number of alkyl carbamates (subject to hydrolysis) is 1. The molecule has 12 heteroatoms. The predicted molar refractivity (Wildman–Crippen MR) is 127 cm³/mol. The normalized spacial score (nSPS) is 12.4. The van der Waals surface area contributed by atoms with Crippen LogP contribution in [0, 0.1) is 15.5 Å². The van der Waals surface area contributed by atoms with Crippen LogP contribution in [0.15, 0.2) is 36.4 Å². The summed E-state index contributed by atoms with van der Waals surface area (Å²) in [5.74, 6) is -2.83. The number of carbonyl (C=O) groups excluding carboxylic acids is 4. The fourth-order valence-corrected chi connectivity index (χ4v) is 3.24. The molecule has 1 amide bonds. The molecule has 0 saturated carbocycles. The zero-order valence-electron chi connectivity index (χ0n) is 21.2. The van der Waals surface area contributed by atoms with Gasteiger partial charge in [-0.1, -0.05) is 18.2 Å². The fraction of sp³-hybridized carbons (Fsp3) is 0.500. The van der Waals surface area contributed by atoms with Gasteiger partial charge in [0, 0.05) is 18.2 Å². The SMILES string of the molecule is CCOC(=O)C(C/C=C/C(=O)OC)(C(=O)OCC)[C@H](NC(=O)OC(C)(C)C)c1ccc([N+](=O)[O-])cc1. The van der Waals surface area contributed by atoms with Crippen LogP contribution < -0.4 is 5.32 Å². The molecule has 0 aliphatic rings. The highest BCUT2D eigenvalue weighted by Crippen LogP contribution is 2.41. The zero-order chi connectivity index (χ0) is 27.5. The molecule has 0 heterocycles. The van der Waals surface area contributed by atoms with Gasteiger partial charge in [-0.25, -0.2) is 9.59 Å². The predicted octanol–water partition coefficient (Wildman–Crippen LogP) is 3.39. The minimum absolute atomic E-state index is 0.111. The molecule has 1 atom stereocenters. The number of nitro groups is 1. The highest BCUT2D eigenvalue weighted by molar-refractivity contribution is 6.02. The molecule has 0 saturated heterocycles. The first-order valence-electron chi connectivity index (χ1n) is 11.1. The molecule has 0 spiro atoms. The summed E-state index contributed by atoms with van der Waals surface area (Å²) in [6.45, 7) is 7.70. The lowest BCUT2D eigenvalue weighted by Crippen LogP contribution is -2.53. The van der Waals surface area contributed by atoms with E-state index in [-0.39, 0.29) is 24.5 Å². The minimum Gasteiger partial charge on any atom is -0.466 e. The van der Waals surface area contributed by atoms with Gasteiger partial charge in [-0.3, -0.25) is 19.7 Å². The molecule has 0 bridgehead atoms. The van der Waals surface area contributed by atoms with Crippen molar-refractivity contribution < 1.29 is 43.0 Å². The van der Waals surface area contributed by atoms with Crippen LogP contribution in [0.4, 0.5) is 10.5 Å². The monoisotopic (exact) mass is 508 g/mol. The van der Waals surface area contributed by atoms with Crippen molar-refractivity contribution >= 4 is 29.7 Å². The van der Waals surface area contributed by atoms with E-state index in [1.165, 1.54) is 32.1 Å². The van der Waals surface area contributed by atoms with Gasteiger partial charge < -0.3 is 24.3 Å². The van der Waals surface area contributed by atoms with Gasteiger partial charge in [0.05, 0.1) is 31.3 Å². The fourth-order valence-electron chi connectivity index (χ4n) is 3.24. The highest BCUT2D eigenvalue weighted by atomic mass is 16.6.